The number of hydrogen-bond acceptors (Lipinski definition) is 20. The van der Waals surface area contributed by atoms with Gasteiger partial charge in [-0.2, -0.15) is 0 Å². The molecule has 0 spiro atoms. The quantitative estimate of drug-likeness (QED) is 0.0333. The van der Waals surface area contributed by atoms with Gasteiger partial charge in [0.1, 0.15) is 35.7 Å². The Bertz CT molecular complexity index is 2970. The summed E-state index contributed by atoms with van der Waals surface area (Å²) in [4.78, 5) is 176. The number of halogens is 1. The molecule has 570 valence electrons. The van der Waals surface area contributed by atoms with Gasteiger partial charge in [-0.15, -0.1) is 0 Å². The number of nitrogens with zero attached hydrogens (tertiary/aromatic N) is 4. The average molecular weight is 1700 g/mol. The van der Waals surface area contributed by atoms with Crippen LogP contribution in [0.1, 0.15) is 147 Å². The molecule has 13 N–H and O–H groups in total. The maximum absolute atomic E-state index is 14.4. The van der Waals surface area contributed by atoms with E-state index in [2.05, 4.69) is 33.5 Å². The summed E-state index contributed by atoms with van der Waals surface area (Å²) in [7, 11) is 0. The van der Waals surface area contributed by atoms with Crippen molar-refractivity contribution in [2.75, 3.05) is 78.5 Å². The fourth-order valence-electron chi connectivity index (χ4n) is 10.9. The van der Waals surface area contributed by atoms with Crippen LogP contribution in [0.15, 0.2) is 48.5 Å². The molecule has 0 bridgehead atoms. The van der Waals surface area contributed by atoms with Crippen molar-refractivity contribution in [1.82, 2.24) is 46.2 Å². The van der Waals surface area contributed by atoms with E-state index in [1.165, 1.54) is 34.1 Å². The number of phenols is 1. The topological polar surface area (TPSA) is 497 Å². The molecule has 0 aliphatic carbocycles. The molecule has 0 unspecified atom stereocenters. The molecule has 1 saturated heterocycles. The summed E-state index contributed by atoms with van der Waals surface area (Å²) in [6, 6.07) is 5.78. The molecule has 2 aromatic rings. The van der Waals surface area contributed by atoms with Gasteiger partial charge in [-0.05, 0) is 110 Å². The van der Waals surface area contributed by atoms with Crippen LogP contribution in [-0.2, 0) is 75.2 Å². The van der Waals surface area contributed by atoms with Gasteiger partial charge in [0.15, 0.2) is 5.78 Å². The monoisotopic (exact) mass is 1700 g/mol. The smallest absolute Gasteiger partial charge is 0.549 e. The van der Waals surface area contributed by atoms with E-state index >= 15 is 0 Å². The van der Waals surface area contributed by atoms with Crippen molar-refractivity contribution in [2.45, 2.75) is 179 Å². The number of rotatable bonds is 46. The van der Waals surface area contributed by atoms with Gasteiger partial charge in [0, 0.05) is 110 Å². The van der Waals surface area contributed by atoms with Gasteiger partial charge >= 0.3 is 84.7 Å². The minimum absolute atomic E-state index is 0. The summed E-state index contributed by atoms with van der Waals surface area (Å²) in [6.07, 6.45) is 7.30. The number of aromatic hydroxyl groups is 1. The Morgan fingerprint density at radius 3 is 1.51 bits per heavy atom. The Morgan fingerprint density at radius 1 is 0.515 bits per heavy atom. The third-order valence-corrected chi connectivity index (χ3v) is 17.3. The summed E-state index contributed by atoms with van der Waals surface area (Å²) in [5.74, 6) is -13.3. The van der Waals surface area contributed by atoms with Crippen molar-refractivity contribution < 1.29 is 150 Å². The Morgan fingerprint density at radius 2 is 1.02 bits per heavy atom. The van der Waals surface area contributed by atoms with Crippen molar-refractivity contribution in [2.24, 2.45) is 5.92 Å². The number of ketones is 2. The summed E-state index contributed by atoms with van der Waals surface area (Å²) in [5.41, 5.74) is 1.21. The minimum Gasteiger partial charge on any atom is -0.549 e. The molecule has 1 aliphatic rings. The van der Waals surface area contributed by atoms with Gasteiger partial charge in [-0.25, -0.2) is 19.2 Å². The van der Waals surface area contributed by atoms with E-state index in [9.17, 15) is 103 Å². The maximum atomic E-state index is 14.4. The summed E-state index contributed by atoms with van der Waals surface area (Å²) < 4.78 is 0.453. The molecule has 0 radical (unpaired) electrons. The van der Waals surface area contributed by atoms with Crippen LogP contribution in [0.4, 0.5) is 4.79 Å². The van der Waals surface area contributed by atoms with E-state index in [4.69, 9.17) is 10.2 Å². The second-order valence-corrected chi connectivity index (χ2v) is 25.8. The Balaban J connectivity index is 0.00000134. The number of unbranched alkanes of at least 4 members (excludes halogenated alkanes) is 7. The molecule has 34 heteroatoms. The van der Waals surface area contributed by atoms with E-state index in [-0.39, 0.29) is 152 Å². The first-order valence-electron chi connectivity index (χ1n) is 33.5. The number of benzene rings is 2. The van der Waals surface area contributed by atoms with Gasteiger partial charge < -0.3 is 77.3 Å². The first-order valence-corrected chi connectivity index (χ1v) is 34.6. The molecular weight excluding hydrogens is 1600 g/mol. The van der Waals surface area contributed by atoms with Gasteiger partial charge in [0.05, 0.1) is 28.7 Å². The maximum Gasteiger partial charge on any atom is 3.00 e. The fourth-order valence-corrected chi connectivity index (χ4v) is 11.5. The van der Waals surface area contributed by atoms with Crippen molar-refractivity contribution in [3.63, 3.8) is 0 Å². The Hall–Kier alpha value is -7.18. The van der Waals surface area contributed by atoms with Gasteiger partial charge in [-0.3, -0.25) is 62.8 Å². The van der Waals surface area contributed by atoms with Gasteiger partial charge in [-0.1, -0.05) is 81.8 Å². The SMILES string of the molecule is CC(=O)NCCCC[C@@H](NC(=O)[C@H](CC(=O)[C@@H](Cc1ccc(O)c(I)c1)NC(=O)CC[C@H](C(=O)O)N1CCN(CC(=O)[O-])CCN(CC(=O)O)CCN(CC(=O)O)CC1)Cc1ccccc1)C(=O)O.CCCCCCCC(=O)CCCCC[C@H](NC(=O)N[C@@H](CCC(=O)O)C(=O)O)C(=O)O.[177Lu+3]. The van der Waals surface area contributed by atoms with Gasteiger partial charge in [0.2, 0.25) is 17.7 Å². The molecule has 6 atom stereocenters. The van der Waals surface area contributed by atoms with Crippen LogP contribution in [0.25, 0.3) is 0 Å². The van der Waals surface area contributed by atoms with E-state index in [1.54, 1.807) is 47.4 Å². The molecule has 1 heterocycles. The predicted molar refractivity (Wildman–Crippen MR) is 367 cm³/mol. The van der Waals surface area contributed by atoms with E-state index < -0.39 is 140 Å². The number of carbonyl (C=O) groups excluding carboxylic acids is 7. The van der Waals surface area contributed by atoms with E-state index in [0.29, 0.717) is 66.2 Å². The fraction of sp³-hybridized carbons (Fsp3) is 0.612. The number of amides is 5. The second kappa shape index (κ2) is 51.9. The largest absolute Gasteiger partial charge is 3.00 e. The Labute approximate surface area is 629 Å². The molecule has 101 heavy (non-hydrogen) atoms. The zero-order valence-electron chi connectivity index (χ0n) is 57.0. The van der Waals surface area contributed by atoms with Crippen LogP contribution in [0.5, 0.6) is 5.75 Å². The summed E-state index contributed by atoms with van der Waals surface area (Å²) in [6.45, 7) is 2.79. The van der Waals surface area contributed by atoms with E-state index in [0.717, 1.165) is 25.7 Å². The molecule has 5 amide bonds. The standard InChI is InChI=1S/C46H64IN7O15.C21H36N2O8.Lu/c1-30(55)48-14-6-5-9-35(45(66)67)50-44(65)33(23-31-7-3-2-4-8-31)26-39(57)36(25-32-10-12-38(56)34(47)24-32)49-40(58)13-11-37(46(68)69)54-21-19-52(28-42(61)62)17-15-51(27-41(59)60)16-18-53(20-22-54)29-43(63)64;1-2-3-4-5-7-10-15(24)11-8-6-9-12-16(19(27)28)22-21(31)23-17(20(29)30)13-14-18(25)26;/h2-4,7-8,10,12,24,33,35-37,56H,5-6,9,11,13-23,25-29H2,1H3,(H,48,55)(H,49,58)(H,50,65)(H,59,60)(H,61,62)(H,63,64)(H,66,67)(H,68,69);16-17H,2-14H2,1H3,(H,25,26)(H,27,28)(H,29,30)(H2,22,23,31);/q;;+3/p-1/t33-,35+,36+,37+;16-,17-;/m00./s1/i;;1+2. The third-order valence-electron chi connectivity index (χ3n) is 16.4. The molecule has 32 nitrogen and oxygen atoms in total. The molecule has 2 aromatic carbocycles. The normalized spacial score (nSPS) is 15.0. The zero-order chi connectivity index (χ0) is 74.7. The van der Waals surface area contributed by atoms with Crippen LogP contribution < -0.4 is 31.7 Å². The molecule has 0 saturated carbocycles. The van der Waals surface area contributed by atoms with Crippen molar-refractivity contribution >= 4 is 106 Å². The molecule has 3 rings (SSSR count). The number of carbonyl (C=O) groups is 14. The van der Waals surface area contributed by atoms with Crippen LogP contribution in [0, 0.1) is 46.4 Å². The predicted octanol–water partition coefficient (Wildman–Crippen LogP) is 2.03. The van der Waals surface area contributed by atoms with E-state index in [1.807, 2.05) is 22.6 Å². The van der Waals surface area contributed by atoms with Crippen LogP contribution in [0.2, 0.25) is 0 Å². The Kier molecular flexibility index (Phi) is 47.2. The number of carboxylic acids is 8. The van der Waals surface area contributed by atoms with Crippen molar-refractivity contribution in [3.05, 3.63) is 63.2 Å². The summed E-state index contributed by atoms with van der Waals surface area (Å²) in [5, 5.41) is 101. The van der Waals surface area contributed by atoms with Crippen LogP contribution in [0.3, 0.4) is 0 Å². The zero-order valence-corrected chi connectivity index (χ0v) is 60.9. The molecular formula is C67H99ILuN9O23+2. The summed E-state index contributed by atoms with van der Waals surface area (Å²) >= 11 is 1.90. The average Bonchev–Trinajstić information content (AvgIpc) is 0.913. The van der Waals surface area contributed by atoms with Gasteiger partial charge in [0.25, 0.3) is 0 Å². The number of aliphatic carboxylic acids is 8. The number of hydrogen-bond donors (Lipinski definition) is 13. The van der Waals surface area contributed by atoms with Crippen molar-refractivity contribution in [3.8, 4) is 5.75 Å². The van der Waals surface area contributed by atoms with Crippen LogP contribution >= 0.6 is 22.6 Å². The minimum atomic E-state index is -1.43. The number of carboxylic acid groups (broad SMARTS) is 8. The number of urea groups is 1. The number of phenolic OH excluding ortho intramolecular Hbond substituents is 1. The van der Waals surface area contributed by atoms with Crippen molar-refractivity contribution in [1.29, 1.82) is 0 Å². The number of nitrogens with one attached hydrogen (secondary N) is 5. The second-order valence-electron chi connectivity index (χ2n) is 24.6. The number of Topliss-reactive ketones (excluding diaryl/α,β-unsaturated/α-hetero) is 2. The first-order chi connectivity index (χ1) is 47.4. The van der Waals surface area contributed by atoms with Crippen LogP contribution in [-0.4, -0.2) is 252 Å². The third kappa shape index (κ3) is 42.1. The first kappa shape index (κ1) is 91.8. The molecule has 0 aromatic heterocycles. The molecule has 1 aliphatic heterocycles. The molecule has 1 fully saturated rings.